The number of fused-ring (bicyclic) bond motifs is 1. The Morgan fingerprint density at radius 3 is 3.05 bits per heavy atom. The number of anilines is 2. The van der Waals surface area contributed by atoms with E-state index >= 15 is 0 Å². The Bertz CT molecular complexity index is 753. The van der Waals surface area contributed by atoms with Crippen LogP contribution in [-0.4, -0.2) is 39.2 Å². The highest BCUT2D eigenvalue weighted by molar-refractivity contribution is 5.61. The summed E-state index contributed by atoms with van der Waals surface area (Å²) in [4.78, 5) is 6.81. The van der Waals surface area contributed by atoms with E-state index in [1.165, 1.54) is 12.1 Å². The van der Waals surface area contributed by atoms with Gasteiger partial charge in [-0.2, -0.15) is 0 Å². The predicted octanol–water partition coefficient (Wildman–Crippen LogP) is 2.06. The van der Waals surface area contributed by atoms with Gasteiger partial charge < -0.3 is 10.2 Å². The van der Waals surface area contributed by atoms with Crippen LogP contribution in [0.25, 0.3) is 5.65 Å². The van der Waals surface area contributed by atoms with Gasteiger partial charge in [0.1, 0.15) is 6.33 Å². The second kappa shape index (κ2) is 5.63. The Balaban J connectivity index is 1.40. The van der Waals surface area contributed by atoms with Gasteiger partial charge in [0.15, 0.2) is 5.82 Å². The summed E-state index contributed by atoms with van der Waals surface area (Å²) in [7, 11) is 0. The number of para-hydroxylation sites is 1. The third-order valence-corrected chi connectivity index (χ3v) is 4.18. The van der Waals surface area contributed by atoms with Crippen LogP contribution in [0.5, 0.6) is 0 Å². The van der Waals surface area contributed by atoms with Crippen LogP contribution >= 0.6 is 0 Å². The largest absolute Gasteiger partial charge is 0.371 e. The first-order valence-electron chi connectivity index (χ1n) is 7.58. The Labute approximate surface area is 128 Å². The van der Waals surface area contributed by atoms with Gasteiger partial charge in [-0.15, -0.1) is 10.2 Å². The fourth-order valence-corrected chi connectivity index (χ4v) is 3.00. The van der Waals surface area contributed by atoms with E-state index in [1.54, 1.807) is 12.5 Å². The number of rotatable bonds is 4. The molecule has 2 aromatic heterocycles. The molecule has 1 aliphatic heterocycles. The quantitative estimate of drug-likeness (QED) is 0.798. The van der Waals surface area contributed by atoms with E-state index < -0.39 is 0 Å². The number of hydrogen-bond acceptors (Lipinski definition) is 5. The van der Waals surface area contributed by atoms with Crippen LogP contribution in [0, 0.1) is 5.92 Å². The van der Waals surface area contributed by atoms with Crippen LogP contribution in [0.2, 0.25) is 0 Å². The summed E-state index contributed by atoms with van der Waals surface area (Å²) < 4.78 is 1.88. The SMILES string of the molecule is c1ccc(N2CC[C@H](CNc3nccn4cnnc34)C2)cc1. The van der Waals surface area contributed by atoms with Crippen LogP contribution in [0.1, 0.15) is 6.42 Å². The highest BCUT2D eigenvalue weighted by atomic mass is 15.2. The first-order chi connectivity index (χ1) is 10.9. The number of benzene rings is 1. The van der Waals surface area contributed by atoms with Crippen LogP contribution in [-0.2, 0) is 0 Å². The molecule has 4 rings (SSSR count). The maximum atomic E-state index is 4.37. The lowest BCUT2D eigenvalue weighted by Crippen LogP contribution is -2.22. The van der Waals surface area contributed by atoms with E-state index in [0.29, 0.717) is 5.92 Å². The summed E-state index contributed by atoms with van der Waals surface area (Å²) in [6, 6.07) is 10.6. The van der Waals surface area contributed by atoms with Gasteiger partial charge in [-0.05, 0) is 24.5 Å². The molecule has 0 saturated carbocycles. The molecule has 0 amide bonds. The van der Waals surface area contributed by atoms with Crippen molar-refractivity contribution in [3.8, 4) is 0 Å². The molecule has 1 aromatic carbocycles. The Kier molecular flexibility index (Phi) is 3.34. The number of nitrogens with zero attached hydrogens (tertiary/aromatic N) is 5. The number of hydrogen-bond donors (Lipinski definition) is 1. The van der Waals surface area contributed by atoms with Gasteiger partial charge in [0.25, 0.3) is 0 Å². The minimum atomic E-state index is 0.616. The van der Waals surface area contributed by atoms with Gasteiger partial charge in [-0.25, -0.2) is 4.98 Å². The zero-order chi connectivity index (χ0) is 14.8. The molecule has 0 unspecified atom stereocenters. The fraction of sp³-hybridized carbons (Fsp3) is 0.312. The van der Waals surface area contributed by atoms with Gasteiger partial charge in [-0.1, -0.05) is 18.2 Å². The molecule has 0 spiro atoms. The molecule has 1 N–H and O–H groups in total. The summed E-state index contributed by atoms with van der Waals surface area (Å²) >= 11 is 0. The molecule has 1 saturated heterocycles. The van der Waals surface area contributed by atoms with Crippen molar-refractivity contribution in [3.63, 3.8) is 0 Å². The molecule has 3 heterocycles. The Hall–Kier alpha value is -2.63. The second-order valence-electron chi connectivity index (χ2n) is 5.65. The van der Waals surface area contributed by atoms with E-state index in [2.05, 4.69) is 55.7 Å². The third-order valence-electron chi connectivity index (χ3n) is 4.18. The average molecular weight is 294 g/mol. The summed E-state index contributed by atoms with van der Waals surface area (Å²) in [5, 5.41) is 11.4. The average Bonchev–Trinajstić information content (AvgIpc) is 3.23. The standard InChI is InChI=1S/C16H18N6/c1-2-4-14(5-3-1)21-8-6-13(11-21)10-18-15-16-20-19-12-22(16)9-7-17-15/h1-5,7,9,12-13H,6,8,10-11H2,(H,17,18)/t13-/m1/s1. The molecule has 1 aliphatic rings. The van der Waals surface area contributed by atoms with Crippen molar-refractivity contribution in [1.82, 2.24) is 19.6 Å². The summed E-state index contributed by atoms with van der Waals surface area (Å²) in [6.45, 7) is 3.09. The van der Waals surface area contributed by atoms with Crippen molar-refractivity contribution in [2.45, 2.75) is 6.42 Å². The number of nitrogens with one attached hydrogen (secondary N) is 1. The van der Waals surface area contributed by atoms with Crippen molar-refractivity contribution >= 4 is 17.2 Å². The van der Waals surface area contributed by atoms with Gasteiger partial charge in [0.2, 0.25) is 5.65 Å². The summed E-state index contributed by atoms with van der Waals surface area (Å²) in [5.74, 6) is 1.42. The molecule has 3 aromatic rings. The highest BCUT2D eigenvalue weighted by Crippen LogP contribution is 2.23. The van der Waals surface area contributed by atoms with Crippen molar-refractivity contribution in [2.24, 2.45) is 5.92 Å². The van der Waals surface area contributed by atoms with Crippen molar-refractivity contribution in [3.05, 3.63) is 49.1 Å². The maximum absolute atomic E-state index is 4.37. The first-order valence-corrected chi connectivity index (χ1v) is 7.58. The Morgan fingerprint density at radius 2 is 2.14 bits per heavy atom. The molecule has 6 nitrogen and oxygen atoms in total. The lowest BCUT2D eigenvalue weighted by atomic mass is 10.1. The van der Waals surface area contributed by atoms with Gasteiger partial charge in [0, 0.05) is 37.7 Å². The lowest BCUT2D eigenvalue weighted by Gasteiger charge is -2.18. The van der Waals surface area contributed by atoms with Crippen LogP contribution in [0.4, 0.5) is 11.5 Å². The van der Waals surface area contributed by atoms with Crippen LogP contribution in [0.3, 0.4) is 0 Å². The third kappa shape index (κ3) is 2.47. The molecule has 0 radical (unpaired) electrons. The van der Waals surface area contributed by atoms with Crippen molar-refractivity contribution in [1.29, 1.82) is 0 Å². The minimum Gasteiger partial charge on any atom is -0.371 e. The lowest BCUT2D eigenvalue weighted by molar-refractivity contribution is 0.621. The van der Waals surface area contributed by atoms with E-state index in [4.69, 9.17) is 0 Å². The van der Waals surface area contributed by atoms with Crippen LogP contribution < -0.4 is 10.2 Å². The van der Waals surface area contributed by atoms with Crippen LogP contribution in [0.15, 0.2) is 49.1 Å². The minimum absolute atomic E-state index is 0.616. The zero-order valence-electron chi connectivity index (χ0n) is 12.3. The summed E-state index contributed by atoms with van der Waals surface area (Å²) in [6.07, 6.45) is 6.50. The molecule has 0 aliphatic carbocycles. The predicted molar refractivity (Wildman–Crippen MR) is 86.0 cm³/mol. The molecule has 0 bridgehead atoms. The van der Waals surface area contributed by atoms with Gasteiger partial charge in [0.05, 0.1) is 0 Å². The molecule has 1 fully saturated rings. The summed E-state index contributed by atoms with van der Waals surface area (Å²) in [5.41, 5.74) is 2.09. The molecule has 1 atom stereocenters. The first kappa shape index (κ1) is 13.1. The molecule has 6 heteroatoms. The van der Waals surface area contributed by atoms with E-state index in [-0.39, 0.29) is 0 Å². The molecular weight excluding hydrogens is 276 g/mol. The van der Waals surface area contributed by atoms with E-state index in [1.807, 2.05) is 10.6 Å². The molecular formula is C16H18N6. The van der Waals surface area contributed by atoms with Crippen molar-refractivity contribution < 1.29 is 0 Å². The van der Waals surface area contributed by atoms with E-state index in [0.717, 1.165) is 31.1 Å². The fourth-order valence-electron chi connectivity index (χ4n) is 3.00. The highest BCUT2D eigenvalue weighted by Gasteiger charge is 2.22. The van der Waals surface area contributed by atoms with E-state index in [9.17, 15) is 0 Å². The van der Waals surface area contributed by atoms with Gasteiger partial charge >= 0.3 is 0 Å². The monoisotopic (exact) mass is 294 g/mol. The zero-order valence-corrected chi connectivity index (χ0v) is 12.3. The molecule has 22 heavy (non-hydrogen) atoms. The second-order valence-corrected chi connectivity index (χ2v) is 5.65. The molecule has 112 valence electrons. The Morgan fingerprint density at radius 1 is 1.23 bits per heavy atom. The number of aromatic nitrogens is 4. The van der Waals surface area contributed by atoms with Crippen molar-refractivity contribution in [2.75, 3.05) is 29.9 Å². The smallest absolute Gasteiger partial charge is 0.203 e. The topological polar surface area (TPSA) is 58.4 Å². The maximum Gasteiger partial charge on any atom is 0.203 e. The normalized spacial score (nSPS) is 18.0. The van der Waals surface area contributed by atoms with Gasteiger partial charge in [-0.3, -0.25) is 4.40 Å².